The van der Waals surface area contributed by atoms with Gasteiger partial charge < -0.3 is 10.2 Å². The number of aromatic amines is 1. The predicted molar refractivity (Wildman–Crippen MR) is 125 cm³/mol. The Balaban J connectivity index is 1.07. The van der Waals surface area contributed by atoms with E-state index in [-0.39, 0.29) is 17.2 Å². The second-order valence-electron chi connectivity index (χ2n) is 10.2. The fourth-order valence-electron chi connectivity index (χ4n) is 5.96. The molecule has 1 aromatic carbocycles. The Labute approximate surface area is 196 Å². The molecule has 2 amide bonds. The second-order valence-corrected chi connectivity index (χ2v) is 10.2. The smallest absolute Gasteiger partial charge is 0.261 e. The number of anilines is 3. The highest BCUT2D eigenvalue weighted by atomic mass is 16.2. The Morgan fingerprint density at radius 2 is 1.82 bits per heavy atom. The van der Waals surface area contributed by atoms with Crippen LogP contribution in [-0.2, 0) is 0 Å². The van der Waals surface area contributed by atoms with E-state index in [1.165, 1.54) is 23.4 Å². The summed E-state index contributed by atoms with van der Waals surface area (Å²) in [6.45, 7) is 2.07. The van der Waals surface area contributed by atoms with Gasteiger partial charge in [0.1, 0.15) is 5.82 Å². The van der Waals surface area contributed by atoms with Crippen LogP contribution in [0, 0.1) is 11.3 Å². The molecule has 2 N–H and O–H groups in total. The third kappa shape index (κ3) is 3.18. The van der Waals surface area contributed by atoms with Crippen molar-refractivity contribution in [3.63, 3.8) is 0 Å². The number of imide groups is 1. The third-order valence-corrected chi connectivity index (χ3v) is 7.62. The molecule has 2 saturated heterocycles. The molecule has 0 radical (unpaired) electrons. The van der Waals surface area contributed by atoms with Gasteiger partial charge in [-0.3, -0.25) is 19.6 Å². The van der Waals surface area contributed by atoms with Crippen LogP contribution in [0.3, 0.4) is 0 Å². The first-order valence-corrected chi connectivity index (χ1v) is 11.9. The molecule has 0 atom stereocenters. The molecular weight excluding hydrogens is 430 g/mol. The maximum atomic E-state index is 12.9. The summed E-state index contributed by atoms with van der Waals surface area (Å²) >= 11 is 0. The van der Waals surface area contributed by atoms with E-state index in [1.54, 1.807) is 18.3 Å². The van der Waals surface area contributed by atoms with Crippen molar-refractivity contribution in [2.24, 2.45) is 11.3 Å². The molecule has 4 fully saturated rings. The number of hydrogen-bond acceptors (Lipinski definition) is 7. The lowest BCUT2D eigenvalue weighted by Gasteiger charge is -2.57. The number of hydrogen-bond donors (Lipinski definition) is 2. The van der Waals surface area contributed by atoms with E-state index in [2.05, 4.69) is 25.4 Å². The summed E-state index contributed by atoms with van der Waals surface area (Å²) in [7, 11) is 0. The topological polar surface area (TPSA) is 107 Å². The number of rotatable bonds is 6. The Hall–Kier alpha value is -3.75. The zero-order valence-corrected chi connectivity index (χ0v) is 18.7. The largest absolute Gasteiger partial charge is 0.340 e. The molecule has 2 aliphatic carbocycles. The molecule has 3 aliphatic heterocycles. The van der Waals surface area contributed by atoms with Gasteiger partial charge in [-0.05, 0) is 49.8 Å². The number of piperidine rings is 2. The minimum absolute atomic E-state index is 0.107. The molecule has 2 saturated carbocycles. The van der Waals surface area contributed by atoms with Gasteiger partial charge in [-0.1, -0.05) is 12.1 Å². The van der Waals surface area contributed by atoms with Crippen molar-refractivity contribution >= 4 is 29.4 Å². The normalized spacial score (nSPS) is 25.4. The van der Waals surface area contributed by atoms with E-state index >= 15 is 0 Å². The zero-order valence-electron chi connectivity index (χ0n) is 18.7. The van der Waals surface area contributed by atoms with Gasteiger partial charge in [-0.2, -0.15) is 10.1 Å². The van der Waals surface area contributed by atoms with Crippen LogP contribution in [0.1, 0.15) is 58.0 Å². The maximum absolute atomic E-state index is 12.9. The van der Waals surface area contributed by atoms with E-state index in [1.807, 2.05) is 24.3 Å². The number of benzene rings is 1. The van der Waals surface area contributed by atoms with Crippen molar-refractivity contribution in [1.82, 2.24) is 25.1 Å². The Bertz CT molecular complexity index is 1270. The molecule has 2 bridgehead atoms. The van der Waals surface area contributed by atoms with Crippen molar-refractivity contribution in [1.29, 1.82) is 0 Å². The van der Waals surface area contributed by atoms with Gasteiger partial charge in [0, 0.05) is 48.9 Å². The fraction of sp³-hybridized carbons (Fsp3) is 0.400. The highest BCUT2D eigenvalue weighted by Gasteiger charge is 2.53. The van der Waals surface area contributed by atoms with Crippen LogP contribution in [0.15, 0.2) is 42.6 Å². The lowest BCUT2D eigenvalue weighted by Crippen LogP contribution is -2.61. The van der Waals surface area contributed by atoms with E-state index in [4.69, 9.17) is 4.98 Å². The summed E-state index contributed by atoms with van der Waals surface area (Å²) in [6.07, 6.45) is 6.24. The number of carbonyl (C=O) groups excluding carboxylic acids is 2. The number of aromatic nitrogens is 4. The first kappa shape index (κ1) is 19.7. The quantitative estimate of drug-likeness (QED) is 0.549. The van der Waals surface area contributed by atoms with Crippen molar-refractivity contribution in [3.05, 3.63) is 59.4 Å². The van der Waals surface area contributed by atoms with Crippen LogP contribution in [0.2, 0.25) is 0 Å². The summed E-state index contributed by atoms with van der Waals surface area (Å²) < 4.78 is 0. The van der Waals surface area contributed by atoms with Crippen LogP contribution in [0.25, 0.3) is 0 Å². The van der Waals surface area contributed by atoms with Crippen molar-refractivity contribution < 1.29 is 9.59 Å². The van der Waals surface area contributed by atoms with E-state index in [9.17, 15) is 9.59 Å². The molecule has 3 aromatic rings. The van der Waals surface area contributed by atoms with Crippen molar-refractivity contribution in [2.75, 3.05) is 29.9 Å². The van der Waals surface area contributed by atoms with E-state index < -0.39 is 0 Å². The molecule has 34 heavy (non-hydrogen) atoms. The number of amides is 2. The lowest BCUT2D eigenvalue weighted by atomic mass is 9.58. The van der Waals surface area contributed by atoms with Crippen LogP contribution in [0.5, 0.6) is 0 Å². The van der Waals surface area contributed by atoms with Gasteiger partial charge in [-0.15, -0.1) is 0 Å². The lowest BCUT2D eigenvalue weighted by molar-refractivity contribution is 0.00206. The summed E-state index contributed by atoms with van der Waals surface area (Å²) in [5.41, 5.74) is 2.09. The molecule has 0 unspecified atom stereocenters. The molecule has 0 spiro atoms. The molecule has 172 valence electrons. The minimum Gasteiger partial charge on any atom is -0.340 e. The van der Waals surface area contributed by atoms with Gasteiger partial charge in [0.15, 0.2) is 5.82 Å². The highest BCUT2D eigenvalue weighted by Crippen LogP contribution is 2.52. The Kier molecular flexibility index (Phi) is 4.13. The summed E-state index contributed by atoms with van der Waals surface area (Å²) in [6, 6.07) is 11.0. The SMILES string of the molecule is O=C1c2ccccc2C(=O)N1CC12CC(CN(c3nccc(Nc4cc(C5CC5)[nH]n4)n3)C1)C2. The second kappa shape index (κ2) is 7.12. The number of nitrogens with one attached hydrogen (secondary N) is 2. The summed E-state index contributed by atoms with van der Waals surface area (Å²) in [5, 5.41) is 10.7. The third-order valence-electron chi connectivity index (χ3n) is 7.62. The first-order chi connectivity index (χ1) is 16.6. The molecule has 5 aliphatic rings. The van der Waals surface area contributed by atoms with Gasteiger partial charge >= 0.3 is 0 Å². The van der Waals surface area contributed by atoms with Gasteiger partial charge in [0.05, 0.1) is 11.1 Å². The molecular formula is C25H25N7O2. The van der Waals surface area contributed by atoms with Crippen LogP contribution in [-0.4, -0.2) is 56.5 Å². The molecule has 9 heteroatoms. The van der Waals surface area contributed by atoms with Crippen molar-refractivity contribution in [2.45, 2.75) is 31.6 Å². The number of fused-ring (bicyclic) bond motifs is 3. The fourth-order valence-corrected chi connectivity index (χ4v) is 5.96. The minimum atomic E-state index is -0.178. The van der Waals surface area contributed by atoms with Crippen LogP contribution < -0.4 is 10.2 Å². The van der Waals surface area contributed by atoms with Crippen molar-refractivity contribution in [3.8, 4) is 0 Å². The van der Waals surface area contributed by atoms with Crippen LogP contribution in [0.4, 0.5) is 17.6 Å². The predicted octanol–water partition coefficient (Wildman–Crippen LogP) is 3.33. The molecule has 8 rings (SSSR count). The van der Waals surface area contributed by atoms with E-state index in [0.717, 1.165) is 31.7 Å². The van der Waals surface area contributed by atoms with Gasteiger partial charge in [0.25, 0.3) is 11.8 Å². The molecule has 5 heterocycles. The summed E-state index contributed by atoms with van der Waals surface area (Å²) in [4.78, 5) is 38.7. The first-order valence-electron chi connectivity index (χ1n) is 11.9. The Morgan fingerprint density at radius 1 is 1.06 bits per heavy atom. The zero-order chi connectivity index (χ0) is 22.9. The maximum Gasteiger partial charge on any atom is 0.261 e. The standard InChI is InChI=1S/C25H25N7O2/c33-22-17-3-1-2-4-18(17)23(34)32(22)14-25-10-15(11-25)12-31(13-25)24-26-8-7-20(28-24)27-21-9-19(29-30-21)16-5-6-16/h1-4,7-9,15-16H,5-6,10-14H2,(H2,26,27,28,29,30). The average Bonchev–Trinajstić information content (AvgIpc) is 3.55. The number of carbonyl (C=O) groups is 2. The molecule has 9 nitrogen and oxygen atoms in total. The Morgan fingerprint density at radius 3 is 2.56 bits per heavy atom. The van der Waals surface area contributed by atoms with E-state index in [0.29, 0.717) is 41.3 Å². The summed E-state index contributed by atoms with van der Waals surface area (Å²) in [5.74, 6) is 2.91. The number of nitrogens with zero attached hydrogens (tertiary/aromatic N) is 5. The van der Waals surface area contributed by atoms with Gasteiger partial charge in [-0.25, -0.2) is 4.98 Å². The molecule has 2 aromatic heterocycles. The monoisotopic (exact) mass is 455 g/mol. The van der Waals surface area contributed by atoms with Gasteiger partial charge in [0.2, 0.25) is 5.95 Å². The average molecular weight is 456 g/mol. The highest BCUT2D eigenvalue weighted by molar-refractivity contribution is 6.21. The van der Waals surface area contributed by atoms with Crippen LogP contribution >= 0.6 is 0 Å². The number of H-pyrrole nitrogens is 1.